The first-order valence-corrected chi connectivity index (χ1v) is 11.2. The zero-order valence-electron chi connectivity index (χ0n) is 20.0. The number of carboxylic acid groups (broad SMARTS) is 2. The monoisotopic (exact) mass is 511 g/mol. The lowest BCUT2D eigenvalue weighted by Gasteiger charge is -2.05. The third kappa shape index (κ3) is 5.65. The first-order valence-electron chi connectivity index (χ1n) is 11.2. The number of imidazole rings is 1. The van der Waals surface area contributed by atoms with Crippen LogP contribution in [0.4, 0.5) is 5.69 Å². The molecule has 0 spiro atoms. The highest BCUT2D eigenvalue weighted by atomic mass is 16.6. The van der Waals surface area contributed by atoms with Gasteiger partial charge < -0.3 is 19.9 Å². The van der Waals surface area contributed by atoms with Crippen molar-refractivity contribution < 1.29 is 29.5 Å². The molecule has 1 aromatic heterocycles. The Balaban J connectivity index is 1.86. The van der Waals surface area contributed by atoms with Crippen LogP contribution in [-0.2, 0) is 9.59 Å². The second-order valence-electron chi connectivity index (χ2n) is 8.01. The number of methoxy groups -OCH3 is 1. The van der Waals surface area contributed by atoms with Crippen LogP contribution < -0.4 is 4.74 Å². The molecule has 0 atom stereocenters. The fourth-order valence-electron chi connectivity index (χ4n) is 3.83. The number of para-hydroxylation sites is 1. The van der Waals surface area contributed by atoms with Crippen molar-refractivity contribution in [3.8, 4) is 39.7 Å². The maximum absolute atomic E-state index is 11.9. The number of nitro groups is 1. The number of aromatic amines is 1. The first kappa shape index (κ1) is 25.6. The summed E-state index contributed by atoms with van der Waals surface area (Å²) >= 11 is 0. The smallest absolute Gasteiger partial charge is 0.328 e. The maximum atomic E-state index is 11.9. The molecule has 0 saturated heterocycles. The molecule has 0 saturated carbocycles. The summed E-state index contributed by atoms with van der Waals surface area (Å²) in [6.45, 7) is 0. The van der Waals surface area contributed by atoms with E-state index in [1.54, 1.807) is 60.7 Å². The van der Waals surface area contributed by atoms with Gasteiger partial charge in [0.1, 0.15) is 5.82 Å². The van der Waals surface area contributed by atoms with Crippen LogP contribution in [0.5, 0.6) is 5.75 Å². The molecule has 1 heterocycles. The molecule has 190 valence electrons. The zero-order valence-corrected chi connectivity index (χ0v) is 20.0. The lowest BCUT2D eigenvalue weighted by Crippen LogP contribution is -1.97. The predicted octanol–water partition coefficient (Wildman–Crippen LogP) is 5.52. The van der Waals surface area contributed by atoms with E-state index in [1.165, 1.54) is 25.3 Å². The van der Waals surface area contributed by atoms with Crippen LogP contribution in [0.3, 0.4) is 0 Å². The van der Waals surface area contributed by atoms with Gasteiger partial charge in [-0.2, -0.15) is 0 Å². The van der Waals surface area contributed by atoms with Gasteiger partial charge in [0, 0.05) is 23.3 Å². The quantitative estimate of drug-likeness (QED) is 0.151. The summed E-state index contributed by atoms with van der Waals surface area (Å²) in [6.07, 6.45) is 5.01. The standard InChI is InChI=1S/C28H21N3O7/c1-38-22-4-2-3-21(27(22)31(36)37)28-29-25(19-11-5-17(6-12-19)9-15-23(32)33)26(30-28)20-13-7-18(8-14-20)10-16-24(34)35/h2-16H,1H3,(H,29,30)(H,32,33)(H,34,35)/b15-9+,16-10+. The van der Waals surface area contributed by atoms with Gasteiger partial charge in [-0.05, 0) is 35.4 Å². The third-order valence-electron chi connectivity index (χ3n) is 5.58. The fraction of sp³-hybridized carbons (Fsp3) is 0.0357. The van der Waals surface area contributed by atoms with Crippen molar-refractivity contribution in [2.75, 3.05) is 7.11 Å². The summed E-state index contributed by atoms with van der Waals surface area (Å²) in [4.78, 5) is 40.9. The number of benzene rings is 3. The number of aliphatic carboxylic acids is 2. The minimum Gasteiger partial charge on any atom is -0.490 e. The van der Waals surface area contributed by atoms with Crippen molar-refractivity contribution in [3.05, 3.63) is 100 Å². The third-order valence-corrected chi connectivity index (χ3v) is 5.58. The van der Waals surface area contributed by atoms with Crippen LogP contribution in [0.1, 0.15) is 11.1 Å². The molecular weight excluding hydrogens is 490 g/mol. The number of nitrogens with one attached hydrogen (secondary N) is 1. The second-order valence-corrected chi connectivity index (χ2v) is 8.01. The highest BCUT2D eigenvalue weighted by molar-refractivity contribution is 5.87. The number of hydrogen-bond donors (Lipinski definition) is 3. The average molecular weight is 511 g/mol. The number of H-pyrrole nitrogens is 1. The van der Waals surface area contributed by atoms with E-state index >= 15 is 0 Å². The molecule has 0 radical (unpaired) electrons. The van der Waals surface area contributed by atoms with Crippen molar-refractivity contribution in [1.82, 2.24) is 9.97 Å². The SMILES string of the molecule is COc1cccc(-c2nc(-c3ccc(/C=C/C(=O)O)cc3)c(-c3ccc(/C=C/C(=O)O)cc3)[nH]2)c1[N+](=O)[O-]. The number of rotatable bonds is 9. The van der Waals surface area contributed by atoms with E-state index in [0.717, 1.165) is 12.2 Å². The van der Waals surface area contributed by atoms with E-state index in [1.807, 2.05) is 0 Å². The van der Waals surface area contributed by atoms with Crippen LogP contribution in [-0.4, -0.2) is 44.2 Å². The summed E-state index contributed by atoms with van der Waals surface area (Å²) in [6, 6.07) is 18.8. The van der Waals surface area contributed by atoms with Crippen molar-refractivity contribution >= 4 is 29.8 Å². The number of ether oxygens (including phenoxy) is 1. The van der Waals surface area contributed by atoms with Gasteiger partial charge in [0.2, 0.25) is 0 Å². The Morgan fingerprint density at radius 2 is 1.45 bits per heavy atom. The molecule has 0 aliphatic rings. The van der Waals surface area contributed by atoms with Crippen LogP contribution in [0.25, 0.3) is 46.1 Å². The van der Waals surface area contributed by atoms with Crippen molar-refractivity contribution in [2.45, 2.75) is 0 Å². The lowest BCUT2D eigenvalue weighted by molar-refractivity contribution is -0.385. The molecule has 3 N–H and O–H groups in total. The van der Waals surface area contributed by atoms with Crippen molar-refractivity contribution in [3.63, 3.8) is 0 Å². The van der Waals surface area contributed by atoms with E-state index in [9.17, 15) is 19.7 Å². The Morgan fingerprint density at radius 1 is 0.895 bits per heavy atom. The molecule has 0 bridgehead atoms. The second kappa shape index (κ2) is 11.0. The molecule has 0 aliphatic heterocycles. The Labute approximate surface area is 216 Å². The molecule has 4 aromatic rings. The summed E-state index contributed by atoms with van der Waals surface area (Å²) in [5, 5.41) is 29.6. The molecule has 38 heavy (non-hydrogen) atoms. The molecule has 3 aromatic carbocycles. The van der Waals surface area contributed by atoms with E-state index in [2.05, 4.69) is 4.98 Å². The summed E-state index contributed by atoms with van der Waals surface area (Å²) in [5.41, 5.74) is 3.86. The lowest BCUT2D eigenvalue weighted by atomic mass is 10.0. The van der Waals surface area contributed by atoms with Gasteiger partial charge in [-0.3, -0.25) is 10.1 Å². The number of carboxylic acids is 2. The van der Waals surface area contributed by atoms with Crippen molar-refractivity contribution in [2.24, 2.45) is 0 Å². The Hall–Kier alpha value is -5.51. The van der Waals surface area contributed by atoms with Gasteiger partial charge in [0.25, 0.3) is 0 Å². The largest absolute Gasteiger partial charge is 0.490 e. The van der Waals surface area contributed by atoms with Crippen LogP contribution in [0.15, 0.2) is 78.9 Å². The molecule has 0 aliphatic carbocycles. The Bertz CT molecular complexity index is 1480. The number of aromatic nitrogens is 2. The normalized spacial score (nSPS) is 11.2. The first-order chi connectivity index (χ1) is 18.3. The zero-order chi connectivity index (χ0) is 27.2. The Kier molecular flexibility index (Phi) is 7.43. The summed E-state index contributed by atoms with van der Waals surface area (Å²) in [7, 11) is 1.35. The highest BCUT2D eigenvalue weighted by Crippen LogP contribution is 2.39. The van der Waals surface area contributed by atoms with E-state index in [0.29, 0.717) is 33.6 Å². The van der Waals surface area contributed by atoms with Crippen LogP contribution >= 0.6 is 0 Å². The molecule has 0 fully saturated rings. The van der Waals surface area contributed by atoms with Gasteiger partial charge in [0.05, 0.1) is 29.0 Å². The van der Waals surface area contributed by atoms with Crippen molar-refractivity contribution in [1.29, 1.82) is 0 Å². The van der Waals surface area contributed by atoms with Gasteiger partial charge in [-0.25, -0.2) is 14.6 Å². The van der Waals surface area contributed by atoms with Gasteiger partial charge in [0.15, 0.2) is 5.75 Å². The highest BCUT2D eigenvalue weighted by Gasteiger charge is 2.25. The molecule has 4 rings (SSSR count). The van der Waals surface area contributed by atoms with Crippen LogP contribution in [0.2, 0.25) is 0 Å². The number of nitro benzene ring substituents is 1. The minimum atomic E-state index is -1.06. The number of nitrogens with zero attached hydrogens (tertiary/aromatic N) is 2. The maximum Gasteiger partial charge on any atom is 0.328 e. The van der Waals surface area contributed by atoms with E-state index < -0.39 is 16.9 Å². The summed E-state index contributed by atoms with van der Waals surface area (Å²) in [5.74, 6) is -1.77. The molecule has 0 unspecified atom stereocenters. The Morgan fingerprint density at radius 3 is 1.95 bits per heavy atom. The average Bonchev–Trinajstić information content (AvgIpc) is 3.36. The van der Waals surface area contributed by atoms with E-state index in [-0.39, 0.29) is 22.8 Å². The molecule has 10 nitrogen and oxygen atoms in total. The fourth-order valence-corrected chi connectivity index (χ4v) is 3.83. The van der Waals surface area contributed by atoms with Gasteiger partial charge >= 0.3 is 17.6 Å². The predicted molar refractivity (Wildman–Crippen MR) is 141 cm³/mol. The van der Waals surface area contributed by atoms with Gasteiger partial charge in [-0.1, -0.05) is 54.6 Å². The molecule has 10 heteroatoms. The topological polar surface area (TPSA) is 156 Å². The van der Waals surface area contributed by atoms with E-state index in [4.69, 9.17) is 19.9 Å². The minimum absolute atomic E-state index is 0.0936. The molecular formula is C28H21N3O7. The number of hydrogen-bond acceptors (Lipinski definition) is 6. The van der Waals surface area contributed by atoms with Crippen LogP contribution in [0, 0.1) is 10.1 Å². The van der Waals surface area contributed by atoms with Gasteiger partial charge in [-0.15, -0.1) is 0 Å². The summed E-state index contributed by atoms with van der Waals surface area (Å²) < 4.78 is 5.20. The molecule has 0 amide bonds. The number of carbonyl (C=O) groups is 2.